The molecule has 0 saturated carbocycles. The second-order valence-corrected chi connectivity index (χ2v) is 4.49. The molecular formula is C13H21N5. The Morgan fingerprint density at radius 1 is 1.28 bits per heavy atom. The van der Waals surface area contributed by atoms with Gasteiger partial charge in [-0.3, -0.25) is 4.68 Å². The second-order valence-electron chi connectivity index (χ2n) is 4.49. The molecule has 0 aliphatic rings. The molecule has 0 unspecified atom stereocenters. The van der Waals surface area contributed by atoms with E-state index in [1.807, 2.05) is 18.7 Å². The highest BCUT2D eigenvalue weighted by atomic mass is 15.3. The van der Waals surface area contributed by atoms with Crippen LogP contribution in [-0.2, 0) is 20.0 Å². The Morgan fingerprint density at radius 3 is 2.72 bits per heavy atom. The van der Waals surface area contributed by atoms with Gasteiger partial charge < -0.3 is 9.88 Å². The van der Waals surface area contributed by atoms with Crippen molar-refractivity contribution in [1.82, 2.24) is 19.3 Å². The molecular weight excluding hydrogens is 226 g/mol. The quantitative estimate of drug-likeness (QED) is 0.878. The lowest BCUT2D eigenvalue weighted by Crippen LogP contribution is -2.07. The smallest absolute Gasteiger partial charge is 0.203 e. The predicted molar refractivity (Wildman–Crippen MR) is 72.8 cm³/mol. The predicted octanol–water partition coefficient (Wildman–Crippen LogP) is 1.97. The normalized spacial score (nSPS) is 10.9. The Morgan fingerprint density at radius 2 is 2.06 bits per heavy atom. The van der Waals surface area contributed by atoms with Crippen LogP contribution in [-0.4, -0.2) is 25.9 Å². The zero-order chi connectivity index (χ0) is 13.1. The minimum absolute atomic E-state index is 0.820. The molecule has 0 bridgehead atoms. The van der Waals surface area contributed by atoms with Crippen molar-refractivity contribution in [2.75, 3.05) is 11.9 Å². The average molecular weight is 247 g/mol. The molecule has 0 radical (unpaired) electrons. The van der Waals surface area contributed by atoms with E-state index in [1.165, 1.54) is 5.56 Å². The van der Waals surface area contributed by atoms with Crippen molar-refractivity contribution in [3.63, 3.8) is 0 Å². The molecule has 2 rings (SSSR count). The van der Waals surface area contributed by atoms with Gasteiger partial charge >= 0.3 is 0 Å². The highest BCUT2D eigenvalue weighted by Crippen LogP contribution is 2.14. The SMILES string of the molecule is CCNc1nc(C)cn1Cc1cn(C)nc1CC. The minimum Gasteiger partial charge on any atom is -0.356 e. The van der Waals surface area contributed by atoms with E-state index in [4.69, 9.17) is 0 Å². The second kappa shape index (κ2) is 5.25. The highest BCUT2D eigenvalue weighted by Gasteiger charge is 2.10. The third-order valence-electron chi connectivity index (χ3n) is 2.90. The molecule has 0 spiro atoms. The molecule has 0 atom stereocenters. The first kappa shape index (κ1) is 12.7. The zero-order valence-electron chi connectivity index (χ0n) is 11.6. The van der Waals surface area contributed by atoms with Gasteiger partial charge in [-0.1, -0.05) is 6.92 Å². The molecule has 0 amide bonds. The van der Waals surface area contributed by atoms with Crippen LogP contribution in [0.2, 0.25) is 0 Å². The van der Waals surface area contributed by atoms with Gasteiger partial charge in [0.1, 0.15) is 0 Å². The van der Waals surface area contributed by atoms with Crippen LogP contribution in [0.25, 0.3) is 0 Å². The minimum atomic E-state index is 0.820. The van der Waals surface area contributed by atoms with Crippen LogP contribution in [0.5, 0.6) is 0 Å². The van der Waals surface area contributed by atoms with E-state index in [0.29, 0.717) is 0 Å². The van der Waals surface area contributed by atoms with E-state index in [1.54, 1.807) is 0 Å². The van der Waals surface area contributed by atoms with Crippen LogP contribution in [0.3, 0.4) is 0 Å². The number of rotatable bonds is 5. The van der Waals surface area contributed by atoms with E-state index >= 15 is 0 Å². The van der Waals surface area contributed by atoms with Crippen LogP contribution in [0.15, 0.2) is 12.4 Å². The number of hydrogen-bond donors (Lipinski definition) is 1. The monoisotopic (exact) mass is 247 g/mol. The highest BCUT2D eigenvalue weighted by molar-refractivity contribution is 5.30. The van der Waals surface area contributed by atoms with Crippen molar-refractivity contribution in [1.29, 1.82) is 0 Å². The summed E-state index contributed by atoms with van der Waals surface area (Å²) in [5.74, 6) is 0.931. The lowest BCUT2D eigenvalue weighted by atomic mass is 10.2. The molecule has 0 aliphatic carbocycles. The Kier molecular flexibility index (Phi) is 3.69. The van der Waals surface area contributed by atoms with Crippen molar-refractivity contribution >= 4 is 5.95 Å². The maximum absolute atomic E-state index is 4.48. The van der Waals surface area contributed by atoms with Crippen molar-refractivity contribution < 1.29 is 0 Å². The summed E-state index contributed by atoms with van der Waals surface area (Å²) in [6.07, 6.45) is 5.12. The maximum atomic E-state index is 4.48. The maximum Gasteiger partial charge on any atom is 0.203 e. The Hall–Kier alpha value is -1.78. The van der Waals surface area contributed by atoms with E-state index in [-0.39, 0.29) is 0 Å². The molecule has 0 aromatic carbocycles. The van der Waals surface area contributed by atoms with E-state index < -0.39 is 0 Å². The fraction of sp³-hybridized carbons (Fsp3) is 0.538. The number of nitrogens with one attached hydrogen (secondary N) is 1. The van der Waals surface area contributed by atoms with Gasteiger partial charge in [0.05, 0.1) is 17.9 Å². The fourth-order valence-corrected chi connectivity index (χ4v) is 2.16. The van der Waals surface area contributed by atoms with Crippen molar-refractivity contribution in [3.8, 4) is 0 Å². The van der Waals surface area contributed by atoms with Gasteiger partial charge in [-0.2, -0.15) is 5.10 Å². The van der Waals surface area contributed by atoms with Crippen LogP contribution in [0, 0.1) is 6.92 Å². The summed E-state index contributed by atoms with van der Waals surface area (Å²) in [7, 11) is 1.97. The molecule has 1 N–H and O–H groups in total. The summed E-state index contributed by atoms with van der Waals surface area (Å²) >= 11 is 0. The lowest BCUT2D eigenvalue weighted by molar-refractivity contribution is 0.746. The number of aromatic nitrogens is 4. The third-order valence-corrected chi connectivity index (χ3v) is 2.90. The van der Waals surface area contributed by atoms with Gasteiger partial charge in [0.2, 0.25) is 5.95 Å². The van der Waals surface area contributed by atoms with Crippen LogP contribution >= 0.6 is 0 Å². The number of nitrogens with zero attached hydrogens (tertiary/aromatic N) is 4. The molecule has 2 heterocycles. The molecule has 2 aromatic heterocycles. The summed E-state index contributed by atoms with van der Waals surface area (Å²) in [4.78, 5) is 4.48. The van der Waals surface area contributed by atoms with Gasteiger partial charge in [0.15, 0.2) is 0 Å². The first-order chi connectivity index (χ1) is 8.63. The van der Waals surface area contributed by atoms with Gasteiger partial charge in [0, 0.05) is 31.5 Å². The summed E-state index contributed by atoms with van der Waals surface area (Å²) in [5, 5.41) is 7.76. The largest absolute Gasteiger partial charge is 0.356 e. The molecule has 5 nitrogen and oxygen atoms in total. The van der Waals surface area contributed by atoms with Crippen LogP contribution in [0.1, 0.15) is 30.8 Å². The lowest BCUT2D eigenvalue weighted by Gasteiger charge is -2.07. The van der Waals surface area contributed by atoms with E-state index in [2.05, 4.69) is 46.2 Å². The van der Waals surface area contributed by atoms with Gasteiger partial charge in [-0.25, -0.2) is 4.98 Å². The molecule has 0 fully saturated rings. The van der Waals surface area contributed by atoms with Crippen LogP contribution < -0.4 is 5.32 Å². The summed E-state index contributed by atoms with van der Waals surface area (Å²) in [6.45, 7) is 7.93. The Labute approximate surface area is 108 Å². The molecule has 2 aromatic rings. The van der Waals surface area contributed by atoms with Crippen LogP contribution in [0.4, 0.5) is 5.95 Å². The van der Waals surface area contributed by atoms with Gasteiger partial charge in [-0.15, -0.1) is 0 Å². The molecule has 5 heteroatoms. The molecule has 0 saturated heterocycles. The fourth-order valence-electron chi connectivity index (χ4n) is 2.16. The van der Waals surface area contributed by atoms with E-state index in [9.17, 15) is 0 Å². The summed E-state index contributed by atoms with van der Waals surface area (Å²) < 4.78 is 4.03. The number of imidazole rings is 1. The molecule has 18 heavy (non-hydrogen) atoms. The van der Waals surface area contributed by atoms with Crippen molar-refractivity contribution in [3.05, 3.63) is 29.3 Å². The van der Waals surface area contributed by atoms with Gasteiger partial charge in [-0.05, 0) is 20.3 Å². The zero-order valence-corrected chi connectivity index (χ0v) is 11.6. The van der Waals surface area contributed by atoms with Crippen molar-refractivity contribution in [2.24, 2.45) is 7.05 Å². The average Bonchev–Trinajstić information content (AvgIpc) is 2.83. The van der Waals surface area contributed by atoms with Gasteiger partial charge in [0.25, 0.3) is 0 Å². The Balaban J connectivity index is 2.27. The van der Waals surface area contributed by atoms with E-state index in [0.717, 1.165) is 36.8 Å². The first-order valence-electron chi connectivity index (χ1n) is 6.43. The number of hydrogen-bond acceptors (Lipinski definition) is 3. The topological polar surface area (TPSA) is 47.7 Å². The third kappa shape index (κ3) is 2.55. The summed E-state index contributed by atoms with van der Waals surface area (Å²) in [5.41, 5.74) is 3.45. The number of anilines is 1. The Bertz CT molecular complexity index is 523. The molecule has 98 valence electrons. The van der Waals surface area contributed by atoms with Crippen molar-refractivity contribution in [2.45, 2.75) is 33.7 Å². The first-order valence-corrected chi connectivity index (χ1v) is 6.43. The summed E-state index contributed by atoms with van der Waals surface area (Å²) in [6, 6.07) is 0. The molecule has 0 aliphatic heterocycles. The standard InChI is InChI=1S/C13H21N5/c1-5-12-11(8-17(4)16-12)9-18-7-10(3)15-13(18)14-6-2/h7-8H,5-6,9H2,1-4H3,(H,14,15). The number of aryl methyl sites for hydroxylation is 3.